The Labute approximate surface area is 240 Å². The third-order valence-electron chi connectivity index (χ3n) is 8.22. The number of halogens is 1. The summed E-state index contributed by atoms with van der Waals surface area (Å²) < 4.78 is 13.2. The molecule has 0 atom stereocenters. The lowest BCUT2D eigenvalue weighted by atomic mass is 9.85. The topological polar surface area (TPSA) is 73.0 Å². The molecular formula is C33H37FN4O3. The van der Waals surface area contributed by atoms with Gasteiger partial charge in [0.25, 0.3) is 11.8 Å². The number of hydrogen-bond acceptors (Lipinski definition) is 4. The van der Waals surface area contributed by atoms with Crippen LogP contribution in [-0.2, 0) is 22.6 Å². The molecule has 2 aliphatic heterocycles. The summed E-state index contributed by atoms with van der Waals surface area (Å²) in [6.07, 6.45) is 4.23. The second-order valence-electron chi connectivity index (χ2n) is 10.9. The van der Waals surface area contributed by atoms with Crippen molar-refractivity contribution in [2.45, 2.75) is 51.1 Å². The minimum absolute atomic E-state index is 0.0179. The summed E-state index contributed by atoms with van der Waals surface area (Å²) in [5, 5.41) is 2.84. The fraction of sp³-hybridized carbons (Fsp3) is 0.364. The van der Waals surface area contributed by atoms with Crippen LogP contribution in [0.1, 0.15) is 54.1 Å². The number of aryl methyl sites for hydroxylation is 1. The van der Waals surface area contributed by atoms with E-state index in [4.69, 9.17) is 0 Å². The van der Waals surface area contributed by atoms with Crippen LogP contribution in [0.5, 0.6) is 0 Å². The summed E-state index contributed by atoms with van der Waals surface area (Å²) in [7, 11) is 0. The number of nitrogens with zero attached hydrogens (tertiary/aromatic N) is 3. The number of carbonyl (C=O) groups is 3. The van der Waals surface area contributed by atoms with Crippen LogP contribution in [-0.4, -0.2) is 59.4 Å². The number of likely N-dealkylation sites (tertiary alicyclic amines) is 1. The second-order valence-corrected chi connectivity index (χ2v) is 10.9. The van der Waals surface area contributed by atoms with E-state index in [1.54, 1.807) is 17.0 Å². The summed E-state index contributed by atoms with van der Waals surface area (Å²) in [5.74, 6) is -0.717. The van der Waals surface area contributed by atoms with Gasteiger partial charge in [-0.05, 0) is 73.2 Å². The molecule has 7 nitrogen and oxygen atoms in total. The van der Waals surface area contributed by atoms with Crippen molar-refractivity contribution in [3.05, 3.63) is 101 Å². The highest BCUT2D eigenvalue weighted by molar-refractivity contribution is 5.97. The van der Waals surface area contributed by atoms with Gasteiger partial charge in [-0.25, -0.2) is 4.39 Å². The predicted octanol–water partition coefficient (Wildman–Crippen LogP) is 4.77. The lowest BCUT2D eigenvalue weighted by Crippen LogP contribution is -2.57. The largest absolute Gasteiger partial charge is 0.350 e. The minimum atomic E-state index is -0.820. The highest BCUT2D eigenvalue weighted by Gasteiger charge is 2.54. The first-order valence-corrected chi connectivity index (χ1v) is 14.4. The van der Waals surface area contributed by atoms with Crippen molar-refractivity contribution >= 4 is 23.4 Å². The van der Waals surface area contributed by atoms with Crippen LogP contribution in [0.3, 0.4) is 0 Å². The molecule has 0 aliphatic carbocycles. The first-order chi connectivity index (χ1) is 19.9. The highest BCUT2D eigenvalue weighted by atomic mass is 19.1. The third-order valence-corrected chi connectivity index (χ3v) is 8.22. The third kappa shape index (κ3) is 6.26. The summed E-state index contributed by atoms with van der Waals surface area (Å²) in [5.41, 5.74) is 2.77. The Morgan fingerprint density at radius 1 is 0.902 bits per heavy atom. The van der Waals surface area contributed by atoms with Crippen LogP contribution in [0.4, 0.5) is 10.1 Å². The molecule has 0 saturated carbocycles. The Kier molecular flexibility index (Phi) is 8.67. The summed E-state index contributed by atoms with van der Waals surface area (Å²) in [4.78, 5) is 45.6. The van der Waals surface area contributed by atoms with Gasteiger partial charge in [-0.1, -0.05) is 55.8 Å². The number of rotatable bonds is 9. The molecule has 3 amide bonds. The number of piperidine rings is 1. The van der Waals surface area contributed by atoms with Crippen LogP contribution in [0, 0.1) is 5.82 Å². The zero-order valence-electron chi connectivity index (χ0n) is 23.5. The van der Waals surface area contributed by atoms with Crippen LogP contribution in [0.25, 0.3) is 0 Å². The van der Waals surface area contributed by atoms with Gasteiger partial charge in [0.1, 0.15) is 17.9 Å². The molecule has 1 spiro atoms. The molecule has 1 N–H and O–H groups in total. The van der Waals surface area contributed by atoms with Crippen LogP contribution >= 0.6 is 0 Å². The Bertz CT molecular complexity index is 1350. The van der Waals surface area contributed by atoms with Gasteiger partial charge < -0.3 is 20.0 Å². The molecule has 0 unspecified atom stereocenters. The second kappa shape index (κ2) is 12.5. The van der Waals surface area contributed by atoms with Gasteiger partial charge in [-0.3, -0.25) is 14.4 Å². The van der Waals surface area contributed by atoms with Gasteiger partial charge in [0.15, 0.2) is 0 Å². The first-order valence-electron chi connectivity index (χ1n) is 14.4. The number of para-hydroxylation sites is 1. The van der Waals surface area contributed by atoms with Crippen molar-refractivity contribution in [2.24, 2.45) is 0 Å². The molecule has 0 radical (unpaired) electrons. The minimum Gasteiger partial charge on any atom is -0.350 e. The quantitative estimate of drug-likeness (QED) is 0.412. The van der Waals surface area contributed by atoms with E-state index < -0.39 is 5.54 Å². The highest BCUT2D eigenvalue weighted by Crippen LogP contribution is 2.39. The van der Waals surface area contributed by atoms with Crippen molar-refractivity contribution in [1.82, 2.24) is 15.1 Å². The normalized spacial score (nSPS) is 16.3. The molecule has 3 aromatic rings. The van der Waals surface area contributed by atoms with Gasteiger partial charge in [-0.15, -0.1) is 0 Å². The monoisotopic (exact) mass is 556 g/mol. The molecule has 2 saturated heterocycles. The van der Waals surface area contributed by atoms with Crippen molar-refractivity contribution in [3.63, 3.8) is 0 Å². The molecule has 2 heterocycles. The SMILES string of the molecule is CCCCc1ccc(C(=O)N2CCC3(CC2)C(=O)N(CC(=O)NCc2ccc(F)cc2)CN3c2ccccc2)cc1. The van der Waals surface area contributed by atoms with E-state index in [0.29, 0.717) is 38.2 Å². The Balaban J connectivity index is 1.26. The smallest absolute Gasteiger partial charge is 0.253 e. The molecule has 2 fully saturated rings. The Morgan fingerprint density at radius 2 is 1.56 bits per heavy atom. The fourth-order valence-electron chi connectivity index (χ4n) is 5.81. The van der Waals surface area contributed by atoms with E-state index in [9.17, 15) is 18.8 Å². The van der Waals surface area contributed by atoms with E-state index in [-0.39, 0.29) is 36.6 Å². The average molecular weight is 557 g/mol. The summed E-state index contributed by atoms with van der Waals surface area (Å²) >= 11 is 0. The summed E-state index contributed by atoms with van der Waals surface area (Å²) in [6, 6.07) is 23.6. The molecule has 2 aliphatic rings. The number of benzene rings is 3. The number of carbonyl (C=O) groups excluding carboxylic acids is 3. The maximum absolute atomic E-state index is 13.9. The predicted molar refractivity (Wildman–Crippen MR) is 157 cm³/mol. The van der Waals surface area contributed by atoms with Crippen molar-refractivity contribution < 1.29 is 18.8 Å². The molecule has 214 valence electrons. The molecular weight excluding hydrogens is 519 g/mol. The van der Waals surface area contributed by atoms with E-state index in [0.717, 1.165) is 30.5 Å². The lowest BCUT2D eigenvalue weighted by molar-refractivity contribution is -0.137. The van der Waals surface area contributed by atoms with Gasteiger partial charge in [-0.2, -0.15) is 0 Å². The van der Waals surface area contributed by atoms with E-state index in [1.807, 2.05) is 59.5 Å². The molecule has 3 aromatic carbocycles. The lowest BCUT2D eigenvalue weighted by Gasteiger charge is -2.43. The van der Waals surface area contributed by atoms with Crippen LogP contribution in [0.15, 0.2) is 78.9 Å². The van der Waals surface area contributed by atoms with Gasteiger partial charge in [0.05, 0.1) is 6.67 Å². The van der Waals surface area contributed by atoms with E-state index in [1.165, 1.54) is 17.7 Å². The van der Waals surface area contributed by atoms with Gasteiger partial charge >= 0.3 is 0 Å². The standard InChI is InChI=1S/C33H37FN4O3/c1-2-3-7-25-10-14-27(15-11-25)31(40)36-20-18-33(19-21-36)32(41)37(24-38(33)29-8-5-4-6-9-29)23-30(39)35-22-26-12-16-28(34)17-13-26/h4-6,8-17H,2-3,7,18-24H2,1H3,(H,35,39). The van der Waals surface area contributed by atoms with Crippen LogP contribution < -0.4 is 10.2 Å². The van der Waals surface area contributed by atoms with Crippen molar-refractivity contribution in [2.75, 3.05) is 31.2 Å². The molecule has 0 aromatic heterocycles. The van der Waals surface area contributed by atoms with E-state index in [2.05, 4.69) is 17.1 Å². The number of unbranched alkanes of at least 4 members (excludes halogenated alkanes) is 1. The van der Waals surface area contributed by atoms with Crippen molar-refractivity contribution in [3.8, 4) is 0 Å². The molecule has 0 bridgehead atoms. The van der Waals surface area contributed by atoms with Crippen LogP contribution in [0.2, 0.25) is 0 Å². The maximum atomic E-state index is 13.9. The number of amides is 3. The Hall–Kier alpha value is -4.20. The number of nitrogens with one attached hydrogen (secondary N) is 1. The zero-order valence-corrected chi connectivity index (χ0v) is 23.5. The number of hydrogen-bond donors (Lipinski definition) is 1. The first kappa shape index (κ1) is 28.3. The average Bonchev–Trinajstić information content (AvgIpc) is 3.26. The molecule has 5 rings (SSSR count). The van der Waals surface area contributed by atoms with Crippen molar-refractivity contribution in [1.29, 1.82) is 0 Å². The maximum Gasteiger partial charge on any atom is 0.253 e. The van der Waals surface area contributed by atoms with Gasteiger partial charge in [0, 0.05) is 30.9 Å². The molecule has 8 heteroatoms. The van der Waals surface area contributed by atoms with Gasteiger partial charge in [0.2, 0.25) is 5.91 Å². The number of anilines is 1. The molecule has 41 heavy (non-hydrogen) atoms. The van der Waals surface area contributed by atoms with E-state index >= 15 is 0 Å². The summed E-state index contributed by atoms with van der Waals surface area (Å²) in [6.45, 7) is 3.55. The zero-order chi connectivity index (χ0) is 28.8. The fourth-order valence-corrected chi connectivity index (χ4v) is 5.81. The Morgan fingerprint density at radius 3 is 2.22 bits per heavy atom.